The molecule has 1 aliphatic rings. The number of pyridine rings is 1. The van der Waals surface area contributed by atoms with Gasteiger partial charge < -0.3 is 0 Å². The molecule has 0 radical (unpaired) electrons. The van der Waals surface area contributed by atoms with Crippen molar-refractivity contribution in [2.24, 2.45) is 0 Å². The first-order valence-corrected chi connectivity index (χ1v) is 4.96. The standard InChI is InChI=1S/C9H11BrN2/c10-9(5-3-7-12-9)8-4-1-2-6-11-8/h1-2,4,6,12H,3,5,7H2. The Balaban J connectivity index is 2.29. The van der Waals surface area contributed by atoms with Crippen LogP contribution in [0.15, 0.2) is 24.4 Å². The molecule has 64 valence electrons. The Morgan fingerprint density at radius 1 is 1.50 bits per heavy atom. The van der Waals surface area contributed by atoms with Gasteiger partial charge in [0.05, 0.1) is 5.69 Å². The molecule has 2 rings (SSSR count). The van der Waals surface area contributed by atoms with E-state index in [0.717, 1.165) is 18.7 Å². The highest BCUT2D eigenvalue weighted by atomic mass is 79.9. The molecule has 2 nitrogen and oxygen atoms in total. The molecule has 1 atom stereocenters. The molecule has 0 aromatic carbocycles. The summed E-state index contributed by atoms with van der Waals surface area (Å²) in [6, 6.07) is 6.01. The van der Waals surface area contributed by atoms with Gasteiger partial charge in [-0.1, -0.05) is 22.0 Å². The van der Waals surface area contributed by atoms with E-state index in [1.807, 2.05) is 24.4 Å². The van der Waals surface area contributed by atoms with Crippen LogP contribution in [0.2, 0.25) is 0 Å². The SMILES string of the molecule is BrC1(c2ccccn2)CCCN1. The molecule has 1 aromatic heterocycles. The van der Waals surface area contributed by atoms with Crippen LogP contribution < -0.4 is 5.32 Å². The molecule has 0 aliphatic carbocycles. The monoisotopic (exact) mass is 226 g/mol. The van der Waals surface area contributed by atoms with Crippen molar-refractivity contribution in [3.05, 3.63) is 30.1 Å². The highest BCUT2D eigenvalue weighted by Gasteiger charge is 2.32. The fraction of sp³-hybridized carbons (Fsp3) is 0.444. The van der Waals surface area contributed by atoms with Crippen LogP contribution >= 0.6 is 15.9 Å². The molecular formula is C9H11BrN2. The van der Waals surface area contributed by atoms with Crippen LogP contribution in [0.25, 0.3) is 0 Å². The highest BCUT2D eigenvalue weighted by molar-refractivity contribution is 9.09. The molecule has 1 fully saturated rings. The Bertz CT molecular complexity index is 254. The maximum absolute atomic E-state index is 4.32. The van der Waals surface area contributed by atoms with Crippen molar-refractivity contribution in [1.29, 1.82) is 0 Å². The van der Waals surface area contributed by atoms with E-state index in [9.17, 15) is 0 Å². The van der Waals surface area contributed by atoms with Crippen LogP contribution in [0.1, 0.15) is 18.5 Å². The summed E-state index contributed by atoms with van der Waals surface area (Å²) in [7, 11) is 0. The Morgan fingerprint density at radius 2 is 2.42 bits per heavy atom. The fourth-order valence-electron chi connectivity index (χ4n) is 1.52. The zero-order chi connectivity index (χ0) is 8.44. The third kappa shape index (κ3) is 1.39. The van der Waals surface area contributed by atoms with E-state index in [0.29, 0.717) is 0 Å². The van der Waals surface area contributed by atoms with E-state index >= 15 is 0 Å². The van der Waals surface area contributed by atoms with Gasteiger partial charge in [0.1, 0.15) is 4.45 Å². The van der Waals surface area contributed by atoms with Gasteiger partial charge in [-0.25, -0.2) is 0 Å². The summed E-state index contributed by atoms with van der Waals surface area (Å²) < 4.78 is -0.0613. The van der Waals surface area contributed by atoms with E-state index in [1.54, 1.807) is 0 Å². The normalized spacial score (nSPS) is 29.1. The van der Waals surface area contributed by atoms with Gasteiger partial charge in [0.15, 0.2) is 0 Å². The molecule has 1 unspecified atom stereocenters. The lowest BCUT2D eigenvalue weighted by atomic mass is 10.1. The Hall–Kier alpha value is -0.410. The minimum Gasteiger partial charge on any atom is -0.297 e. The first kappa shape index (κ1) is 8.20. The quantitative estimate of drug-likeness (QED) is 0.586. The summed E-state index contributed by atoms with van der Waals surface area (Å²) in [5.74, 6) is 0. The zero-order valence-corrected chi connectivity index (χ0v) is 8.34. The lowest BCUT2D eigenvalue weighted by molar-refractivity contribution is 0.578. The van der Waals surface area contributed by atoms with Crippen LogP contribution in [0.3, 0.4) is 0 Å². The number of rotatable bonds is 1. The number of aromatic nitrogens is 1. The maximum atomic E-state index is 4.32. The molecule has 2 heterocycles. The molecule has 1 N–H and O–H groups in total. The Kier molecular flexibility index (Phi) is 2.15. The molecule has 0 spiro atoms. The third-order valence-corrected chi connectivity index (χ3v) is 3.26. The second kappa shape index (κ2) is 3.15. The zero-order valence-electron chi connectivity index (χ0n) is 6.76. The first-order chi connectivity index (χ1) is 5.81. The van der Waals surface area contributed by atoms with Gasteiger partial charge >= 0.3 is 0 Å². The average Bonchev–Trinajstić information content (AvgIpc) is 2.55. The predicted octanol–water partition coefficient (Wildman–Crippen LogP) is 2.01. The fourth-order valence-corrected chi connectivity index (χ4v) is 2.24. The average molecular weight is 227 g/mol. The minimum absolute atomic E-state index is 0.0613. The summed E-state index contributed by atoms with van der Waals surface area (Å²) >= 11 is 3.68. The largest absolute Gasteiger partial charge is 0.297 e. The van der Waals surface area contributed by atoms with E-state index in [2.05, 4.69) is 26.2 Å². The number of halogens is 1. The predicted molar refractivity (Wildman–Crippen MR) is 52.1 cm³/mol. The maximum Gasteiger partial charge on any atom is 0.117 e. The topological polar surface area (TPSA) is 24.9 Å². The number of hydrogen-bond donors (Lipinski definition) is 1. The number of nitrogens with zero attached hydrogens (tertiary/aromatic N) is 1. The summed E-state index contributed by atoms with van der Waals surface area (Å²) in [5, 5.41) is 3.40. The van der Waals surface area contributed by atoms with Crippen molar-refractivity contribution in [2.45, 2.75) is 17.3 Å². The molecule has 1 saturated heterocycles. The molecule has 3 heteroatoms. The number of hydrogen-bond acceptors (Lipinski definition) is 2. The van der Waals surface area contributed by atoms with Crippen molar-refractivity contribution in [1.82, 2.24) is 10.3 Å². The number of alkyl halides is 1. The van der Waals surface area contributed by atoms with Gasteiger partial charge in [0.25, 0.3) is 0 Å². The van der Waals surface area contributed by atoms with Crippen LogP contribution in [0, 0.1) is 0 Å². The van der Waals surface area contributed by atoms with Gasteiger partial charge in [-0.3, -0.25) is 10.3 Å². The Labute approximate surface area is 80.5 Å². The number of nitrogens with one attached hydrogen (secondary N) is 1. The van der Waals surface area contributed by atoms with E-state index in [4.69, 9.17) is 0 Å². The molecule has 0 bridgehead atoms. The second-order valence-corrected chi connectivity index (χ2v) is 4.40. The van der Waals surface area contributed by atoms with E-state index < -0.39 is 0 Å². The van der Waals surface area contributed by atoms with Gasteiger partial charge in [-0.15, -0.1) is 0 Å². The van der Waals surface area contributed by atoms with Crippen molar-refractivity contribution >= 4 is 15.9 Å². The lowest BCUT2D eigenvalue weighted by Gasteiger charge is -2.20. The van der Waals surface area contributed by atoms with Crippen LogP contribution in [-0.2, 0) is 4.45 Å². The van der Waals surface area contributed by atoms with Gasteiger partial charge in [0, 0.05) is 6.20 Å². The van der Waals surface area contributed by atoms with Crippen LogP contribution in [0.4, 0.5) is 0 Å². The summed E-state index contributed by atoms with van der Waals surface area (Å²) in [6.45, 7) is 1.07. The van der Waals surface area contributed by atoms with Crippen molar-refractivity contribution in [3.8, 4) is 0 Å². The van der Waals surface area contributed by atoms with E-state index in [1.165, 1.54) is 6.42 Å². The molecule has 12 heavy (non-hydrogen) atoms. The summed E-state index contributed by atoms with van der Waals surface area (Å²) in [4.78, 5) is 4.32. The smallest absolute Gasteiger partial charge is 0.117 e. The van der Waals surface area contributed by atoms with Gasteiger partial charge in [-0.05, 0) is 31.5 Å². The summed E-state index contributed by atoms with van der Waals surface area (Å²) in [5.41, 5.74) is 1.09. The third-order valence-electron chi connectivity index (χ3n) is 2.17. The van der Waals surface area contributed by atoms with Gasteiger partial charge in [0.2, 0.25) is 0 Å². The highest BCUT2D eigenvalue weighted by Crippen LogP contribution is 2.35. The minimum atomic E-state index is -0.0613. The first-order valence-electron chi connectivity index (χ1n) is 4.17. The lowest BCUT2D eigenvalue weighted by Crippen LogP contribution is -2.30. The van der Waals surface area contributed by atoms with Gasteiger partial charge in [-0.2, -0.15) is 0 Å². The van der Waals surface area contributed by atoms with E-state index in [-0.39, 0.29) is 4.45 Å². The molecule has 1 aliphatic heterocycles. The van der Waals surface area contributed by atoms with Crippen LogP contribution in [-0.4, -0.2) is 11.5 Å². The van der Waals surface area contributed by atoms with Crippen molar-refractivity contribution in [2.75, 3.05) is 6.54 Å². The van der Waals surface area contributed by atoms with Crippen LogP contribution in [0.5, 0.6) is 0 Å². The molecular weight excluding hydrogens is 216 g/mol. The summed E-state index contributed by atoms with van der Waals surface area (Å²) in [6.07, 6.45) is 4.16. The molecule has 0 amide bonds. The molecule has 0 saturated carbocycles. The van der Waals surface area contributed by atoms with Crippen molar-refractivity contribution in [3.63, 3.8) is 0 Å². The Morgan fingerprint density at radius 3 is 3.00 bits per heavy atom. The van der Waals surface area contributed by atoms with Crippen molar-refractivity contribution < 1.29 is 0 Å². The second-order valence-electron chi connectivity index (χ2n) is 3.05. The molecule has 1 aromatic rings.